The van der Waals surface area contributed by atoms with E-state index in [2.05, 4.69) is 25.0 Å². The number of fused-ring (bicyclic) bond motifs is 1. The van der Waals surface area contributed by atoms with Crippen molar-refractivity contribution in [3.63, 3.8) is 0 Å². The molecule has 1 aromatic carbocycles. The zero-order chi connectivity index (χ0) is 18.7. The van der Waals surface area contributed by atoms with Crippen molar-refractivity contribution in [2.45, 2.75) is 20.4 Å². The van der Waals surface area contributed by atoms with E-state index < -0.39 is 5.97 Å². The SMILES string of the molecule is COC(=O)c1ccnc(CNC(=O)c2ccc3nc(C)c(C)nc3c2)c1. The lowest BCUT2D eigenvalue weighted by Crippen LogP contribution is -2.23. The minimum absolute atomic E-state index is 0.195. The first kappa shape index (κ1) is 17.5. The Morgan fingerprint density at radius 2 is 1.73 bits per heavy atom. The van der Waals surface area contributed by atoms with Crippen molar-refractivity contribution in [3.8, 4) is 0 Å². The van der Waals surface area contributed by atoms with Gasteiger partial charge in [0.15, 0.2) is 0 Å². The van der Waals surface area contributed by atoms with Gasteiger partial charge in [-0.15, -0.1) is 0 Å². The lowest BCUT2D eigenvalue weighted by molar-refractivity contribution is 0.0600. The first-order valence-corrected chi connectivity index (χ1v) is 8.04. The summed E-state index contributed by atoms with van der Waals surface area (Å²) in [7, 11) is 1.32. The molecule has 0 atom stereocenters. The third-order valence-corrected chi connectivity index (χ3v) is 4.01. The summed E-state index contributed by atoms with van der Waals surface area (Å²) in [5, 5.41) is 2.79. The number of carbonyl (C=O) groups excluding carboxylic acids is 2. The zero-order valence-corrected chi connectivity index (χ0v) is 14.7. The predicted octanol–water partition coefficient (Wildman–Crippen LogP) is 2.36. The molecule has 0 aliphatic carbocycles. The molecule has 0 aliphatic heterocycles. The summed E-state index contributed by atoms with van der Waals surface area (Å²) < 4.78 is 4.68. The van der Waals surface area contributed by atoms with E-state index in [1.165, 1.54) is 13.3 Å². The fraction of sp³-hybridized carbons (Fsp3) is 0.211. The van der Waals surface area contributed by atoms with E-state index in [4.69, 9.17) is 0 Å². The minimum atomic E-state index is -0.446. The van der Waals surface area contributed by atoms with Gasteiger partial charge in [0, 0.05) is 11.8 Å². The third-order valence-electron chi connectivity index (χ3n) is 4.01. The van der Waals surface area contributed by atoms with E-state index in [1.807, 2.05) is 13.8 Å². The van der Waals surface area contributed by atoms with Gasteiger partial charge in [0.1, 0.15) is 0 Å². The number of hydrogen-bond acceptors (Lipinski definition) is 6. The van der Waals surface area contributed by atoms with Crippen LogP contribution in [0.15, 0.2) is 36.5 Å². The predicted molar refractivity (Wildman–Crippen MR) is 95.8 cm³/mol. The van der Waals surface area contributed by atoms with Gasteiger partial charge in [-0.25, -0.2) is 14.8 Å². The van der Waals surface area contributed by atoms with Crippen molar-refractivity contribution in [1.82, 2.24) is 20.3 Å². The molecule has 0 unspecified atom stereocenters. The summed E-state index contributed by atoms with van der Waals surface area (Å²) in [5.74, 6) is -0.698. The third kappa shape index (κ3) is 3.66. The lowest BCUT2D eigenvalue weighted by Gasteiger charge is -2.07. The molecular weight excluding hydrogens is 332 g/mol. The average Bonchev–Trinajstić information content (AvgIpc) is 2.66. The number of methoxy groups -OCH3 is 1. The van der Waals surface area contributed by atoms with Crippen LogP contribution >= 0.6 is 0 Å². The summed E-state index contributed by atoms with van der Waals surface area (Å²) in [4.78, 5) is 37.0. The Hall–Kier alpha value is -3.35. The molecule has 0 saturated carbocycles. The molecule has 132 valence electrons. The molecule has 1 N–H and O–H groups in total. The van der Waals surface area contributed by atoms with Gasteiger partial charge < -0.3 is 10.1 Å². The van der Waals surface area contributed by atoms with Crippen LogP contribution in [0.5, 0.6) is 0 Å². The normalized spacial score (nSPS) is 10.6. The molecule has 26 heavy (non-hydrogen) atoms. The molecule has 2 aromatic heterocycles. The Morgan fingerprint density at radius 3 is 2.46 bits per heavy atom. The van der Waals surface area contributed by atoms with E-state index >= 15 is 0 Å². The van der Waals surface area contributed by atoms with Crippen LogP contribution in [0.4, 0.5) is 0 Å². The van der Waals surface area contributed by atoms with Crippen molar-refractivity contribution in [2.75, 3.05) is 7.11 Å². The van der Waals surface area contributed by atoms with Crippen LogP contribution in [-0.4, -0.2) is 33.9 Å². The molecule has 1 amide bonds. The second-order valence-corrected chi connectivity index (χ2v) is 5.81. The van der Waals surface area contributed by atoms with Gasteiger partial charge in [-0.3, -0.25) is 9.78 Å². The number of amides is 1. The fourth-order valence-corrected chi connectivity index (χ4v) is 2.46. The van der Waals surface area contributed by atoms with Crippen molar-refractivity contribution < 1.29 is 14.3 Å². The summed E-state index contributed by atoms with van der Waals surface area (Å²) in [6.45, 7) is 3.98. The monoisotopic (exact) mass is 350 g/mol. The van der Waals surface area contributed by atoms with Crippen LogP contribution in [0.2, 0.25) is 0 Å². The molecule has 0 radical (unpaired) electrons. The molecule has 0 fully saturated rings. The van der Waals surface area contributed by atoms with E-state index in [1.54, 1.807) is 30.3 Å². The molecule has 0 bridgehead atoms. The zero-order valence-electron chi connectivity index (χ0n) is 14.7. The maximum atomic E-state index is 12.4. The number of aryl methyl sites for hydroxylation is 2. The topological polar surface area (TPSA) is 94.1 Å². The van der Waals surface area contributed by atoms with Gasteiger partial charge in [-0.1, -0.05) is 0 Å². The number of pyridine rings is 1. The lowest BCUT2D eigenvalue weighted by atomic mass is 10.1. The minimum Gasteiger partial charge on any atom is -0.465 e. The molecule has 0 aliphatic rings. The Morgan fingerprint density at radius 1 is 1.00 bits per heavy atom. The van der Waals surface area contributed by atoms with Gasteiger partial charge in [0.2, 0.25) is 0 Å². The second kappa shape index (κ2) is 7.26. The number of ether oxygens (including phenoxy) is 1. The van der Waals surface area contributed by atoms with Crippen LogP contribution in [0.25, 0.3) is 11.0 Å². The highest BCUT2D eigenvalue weighted by Crippen LogP contribution is 2.14. The highest BCUT2D eigenvalue weighted by molar-refractivity contribution is 5.97. The highest BCUT2D eigenvalue weighted by atomic mass is 16.5. The van der Waals surface area contributed by atoms with Crippen molar-refractivity contribution in [2.24, 2.45) is 0 Å². The van der Waals surface area contributed by atoms with Crippen LogP contribution in [0.3, 0.4) is 0 Å². The summed E-state index contributed by atoms with van der Waals surface area (Å²) in [6.07, 6.45) is 1.50. The number of aromatic nitrogens is 3. The number of nitrogens with one attached hydrogen (secondary N) is 1. The second-order valence-electron chi connectivity index (χ2n) is 5.81. The van der Waals surface area contributed by atoms with E-state index in [-0.39, 0.29) is 12.5 Å². The standard InChI is InChI=1S/C19H18N4O3/c1-11-12(2)23-17-9-13(4-5-16(17)22-11)18(24)21-10-15-8-14(6-7-20-15)19(25)26-3/h4-9H,10H2,1-3H3,(H,21,24). The smallest absolute Gasteiger partial charge is 0.337 e. The fourth-order valence-electron chi connectivity index (χ4n) is 2.46. The van der Waals surface area contributed by atoms with Crippen LogP contribution < -0.4 is 5.32 Å². The molecule has 3 aromatic rings. The number of esters is 1. The number of hydrogen-bond donors (Lipinski definition) is 1. The Labute approximate surface area is 150 Å². The van der Waals surface area contributed by atoms with Crippen molar-refractivity contribution in [3.05, 3.63) is 64.7 Å². The van der Waals surface area contributed by atoms with Crippen molar-refractivity contribution >= 4 is 22.9 Å². The Bertz CT molecular complexity index is 1000. The number of benzene rings is 1. The molecule has 0 saturated heterocycles. The Kier molecular flexibility index (Phi) is 4.88. The largest absolute Gasteiger partial charge is 0.465 e. The quantitative estimate of drug-likeness (QED) is 0.726. The van der Waals surface area contributed by atoms with Crippen LogP contribution in [-0.2, 0) is 11.3 Å². The van der Waals surface area contributed by atoms with Gasteiger partial charge in [0.05, 0.1) is 47.3 Å². The van der Waals surface area contributed by atoms with Gasteiger partial charge in [0.25, 0.3) is 5.91 Å². The van der Waals surface area contributed by atoms with Crippen molar-refractivity contribution in [1.29, 1.82) is 0 Å². The van der Waals surface area contributed by atoms with E-state index in [9.17, 15) is 9.59 Å². The molecule has 2 heterocycles. The first-order chi connectivity index (χ1) is 12.5. The number of nitrogens with zero attached hydrogens (tertiary/aromatic N) is 3. The maximum absolute atomic E-state index is 12.4. The molecule has 3 rings (SSSR count). The van der Waals surface area contributed by atoms with E-state index in [0.717, 1.165) is 16.9 Å². The summed E-state index contributed by atoms with van der Waals surface area (Å²) in [5.41, 5.74) is 4.56. The van der Waals surface area contributed by atoms with Gasteiger partial charge in [-0.05, 0) is 44.2 Å². The molecule has 0 spiro atoms. The van der Waals surface area contributed by atoms with Gasteiger partial charge in [-0.2, -0.15) is 0 Å². The summed E-state index contributed by atoms with van der Waals surface area (Å²) >= 11 is 0. The van der Waals surface area contributed by atoms with E-state index in [0.29, 0.717) is 22.3 Å². The number of rotatable bonds is 4. The van der Waals surface area contributed by atoms with Crippen LogP contribution in [0.1, 0.15) is 37.8 Å². The molecule has 7 heteroatoms. The van der Waals surface area contributed by atoms with Gasteiger partial charge >= 0.3 is 5.97 Å². The number of carbonyl (C=O) groups is 2. The summed E-state index contributed by atoms with van der Waals surface area (Å²) in [6, 6.07) is 8.34. The molecular formula is C19H18N4O3. The maximum Gasteiger partial charge on any atom is 0.337 e. The Balaban J connectivity index is 1.75. The molecule has 7 nitrogen and oxygen atoms in total. The average molecular weight is 350 g/mol. The van der Waals surface area contributed by atoms with Crippen LogP contribution in [0, 0.1) is 13.8 Å². The first-order valence-electron chi connectivity index (χ1n) is 8.04. The highest BCUT2D eigenvalue weighted by Gasteiger charge is 2.10.